The van der Waals surface area contributed by atoms with Crippen LogP contribution in [0.5, 0.6) is 0 Å². The normalized spacial score (nSPS) is 10.3. The Morgan fingerprint density at radius 2 is 2.18 bits per heavy atom. The van der Waals surface area contributed by atoms with Crippen molar-refractivity contribution in [2.75, 3.05) is 23.7 Å². The molecule has 0 aromatic carbocycles. The number of amides is 2. The van der Waals surface area contributed by atoms with Gasteiger partial charge in [-0.2, -0.15) is 5.10 Å². The number of hydrogen-bond donors (Lipinski definition) is 3. The Kier molecular flexibility index (Phi) is 5.35. The van der Waals surface area contributed by atoms with Crippen molar-refractivity contribution in [3.05, 3.63) is 35.8 Å². The zero-order valence-corrected chi connectivity index (χ0v) is 13.2. The van der Waals surface area contributed by atoms with Crippen molar-refractivity contribution in [3.63, 3.8) is 0 Å². The summed E-state index contributed by atoms with van der Waals surface area (Å²) >= 11 is 0. The molecular formula is C15H22N6O. The average Bonchev–Trinajstić information content (AvgIpc) is 2.78. The summed E-state index contributed by atoms with van der Waals surface area (Å²) < 4.78 is 1.70. The van der Waals surface area contributed by atoms with Crippen molar-refractivity contribution < 1.29 is 4.79 Å². The molecule has 2 aromatic heterocycles. The van der Waals surface area contributed by atoms with Gasteiger partial charge < -0.3 is 10.6 Å². The predicted molar refractivity (Wildman–Crippen MR) is 87.1 cm³/mol. The molecular weight excluding hydrogens is 280 g/mol. The molecule has 0 aliphatic carbocycles. The predicted octanol–water partition coefficient (Wildman–Crippen LogP) is 1.92. The maximum absolute atomic E-state index is 11.9. The number of aryl methyl sites for hydroxylation is 2. The Hall–Kier alpha value is -2.57. The van der Waals surface area contributed by atoms with Crippen LogP contribution in [0.3, 0.4) is 0 Å². The van der Waals surface area contributed by atoms with Gasteiger partial charge in [0.15, 0.2) is 0 Å². The minimum absolute atomic E-state index is 0.231. The van der Waals surface area contributed by atoms with Crippen LogP contribution >= 0.6 is 0 Å². The maximum Gasteiger partial charge on any atom is 0.320 e. The van der Waals surface area contributed by atoms with Crippen molar-refractivity contribution in [1.29, 1.82) is 0 Å². The van der Waals surface area contributed by atoms with E-state index in [2.05, 4.69) is 26.0 Å². The van der Waals surface area contributed by atoms with E-state index in [1.165, 1.54) is 0 Å². The summed E-state index contributed by atoms with van der Waals surface area (Å²) in [4.78, 5) is 16.0. The summed E-state index contributed by atoms with van der Waals surface area (Å²) in [5, 5.41) is 13.2. The van der Waals surface area contributed by atoms with Crippen LogP contribution in [0.4, 0.5) is 16.3 Å². The van der Waals surface area contributed by atoms with Crippen molar-refractivity contribution in [3.8, 4) is 0 Å². The molecule has 0 aliphatic heterocycles. The second-order valence-electron chi connectivity index (χ2n) is 4.94. The van der Waals surface area contributed by atoms with E-state index >= 15 is 0 Å². The van der Waals surface area contributed by atoms with Crippen LogP contribution in [0.1, 0.15) is 18.2 Å². The molecule has 0 atom stereocenters. The molecule has 0 unspecified atom stereocenters. The fourth-order valence-electron chi connectivity index (χ4n) is 2.28. The lowest BCUT2D eigenvalue weighted by molar-refractivity contribution is 0.252. The van der Waals surface area contributed by atoms with Crippen LogP contribution < -0.4 is 16.0 Å². The van der Waals surface area contributed by atoms with E-state index in [0.29, 0.717) is 13.1 Å². The first-order valence-electron chi connectivity index (χ1n) is 7.33. The highest BCUT2D eigenvalue weighted by molar-refractivity contribution is 5.89. The first-order valence-corrected chi connectivity index (χ1v) is 7.33. The highest BCUT2D eigenvalue weighted by Gasteiger charge is 2.13. The molecule has 2 heterocycles. The van der Waals surface area contributed by atoms with Gasteiger partial charge in [-0.1, -0.05) is 6.92 Å². The second-order valence-corrected chi connectivity index (χ2v) is 4.94. The van der Waals surface area contributed by atoms with Crippen LogP contribution in [-0.4, -0.2) is 33.9 Å². The summed E-state index contributed by atoms with van der Waals surface area (Å²) in [6.07, 6.45) is 4.29. The smallest absolute Gasteiger partial charge is 0.320 e. The highest BCUT2D eigenvalue weighted by Crippen LogP contribution is 2.18. The maximum atomic E-state index is 11.9. The fourth-order valence-corrected chi connectivity index (χ4v) is 2.28. The zero-order valence-electron chi connectivity index (χ0n) is 13.2. The number of nitrogens with one attached hydrogen (secondary N) is 3. The van der Waals surface area contributed by atoms with Crippen LogP contribution in [-0.2, 0) is 13.5 Å². The van der Waals surface area contributed by atoms with E-state index < -0.39 is 0 Å². The van der Waals surface area contributed by atoms with E-state index in [-0.39, 0.29) is 6.03 Å². The largest absolute Gasteiger partial charge is 0.382 e. The molecule has 7 nitrogen and oxygen atoms in total. The summed E-state index contributed by atoms with van der Waals surface area (Å²) in [5.41, 5.74) is 2.94. The van der Waals surface area contributed by atoms with Gasteiger partial charge in [0.2, 0.25) is 0 Å². The number of anilines is 2. The first-order chi connectivity index (χ1) is 10.6. The van der Waals surface area contributed by atoms with Crippen molar-refractivity contribution in [1.82, 2.24) is 20.1 Å². The van der Waals surface area contributed by atoms with Gasteiger partial charge in [0.25, 0.3) is 0 Å². The van der Waals surface area contributed by atoms with Crippen LogP contribution in [0.15, 0.2) is 24.5 Å². The van der Waals surface area contributed by atoms with Gasteiger partial charge >= 0.3 is 6.03 Å². The number of aromatic nitrogens is 3. The number of carbonyl (C=O) groups excluding carboxylic acids is 1. The van der Waals surface area contributed by atoms with Gasteiger partial charge in [-0.15, -0.1) is 0 Å². The number of urea groups is 1. The Balaban J connectivity index is 1.79. The van der Waals surface area contributed by atoms with Crippen LogP contribution in [0, 0.1) is 6.92 Å². The van der Waals surface area contributed by atoms with E-state index in [1.54, 1.807) is 17.1 Å². The molecule has 0 fully saturated rings. The Morgan fingerprint density at radius 3 is 2.86 bits per heavy atom. The van der Waals surface area contributed by atoms with Gasteiger partial charge in [0.1, 0.15) is 5.82 Å². The molecule has 0 saturated carbocycles. The van der Waals surface area contributed by atoms with E-state index in [9.17, 15) is 4.79 Å². The van der Waals surface area contributed by atoms with Crippen LogP contribution in [0.25, 0.3) is 0 Å². The molecule has 0 radical (unpaired) electrons. The lowest BCUT2D eigenvalue weighted by atomic mass is 10.2. The molecule has 7 heteroatoms. The van der Waals surface area contributed by atoms with Crippen molar-refractivity contribution in [2.45, 2.75) is 20.3 Å². The van der Waals surface area contributed by atoms with E-state index in [0.717, 1.165) is 29.2 Å². The van der Waals surface area contributed by atoms with Crippen molar-refractivity contribution in [2.24, 2.45) is 7.05 Å². The number of carbonyl (C=O) groups is 1. The van der Waals surface area contributed by atoms with Gasteiger partial charge in [0, 0.05) is 38.1 Å². The molecule has 3 N–H and O–H groups in total. The number of hydrogen-bond acceptors (Lipinski definition) is 4. The SMILES string of the molecule is CCc1c(C)nn(C)c1NC(=O)NCCNc1cccnc1. The Labute approximate surface area is 130 Å². The topological polar surface area (TPSA) is 83.9 Å². The van der Waals surface area contributed by atoms with E-state index in [1.807, 2.05) is 33.0 Å². The molecule has 118 valence electrons. The molecule has 0 saturated heterocycles. The highest BCUT2D eigenvalue weighted by atomic mass is 16.2. The van der Waals surface area contributed by atoms with Crippen molar-refractivity contribution >= 4 is 17.5 Å². The quantitative estimate of drug-likeness (QED) is 0.712. The summed E-state index contributed by atoms with van der Waals surface area (Å²) in [7, 11) is 1.83. The number of rotatable bonds is 6. The second kappa shape index (κ2) is 7.44. The third-order valence-electron chi connectivity index (χ3n) is 3.33. The molecule has 2 amide bonds. The minimum Gasteiger partial charge on any atom is -0.382 e. The summed E-state index contributed by atoms with van der Waals surface area (Å²) in [5.74, 6) is 0.748. The van der Waals surface area contributed by atoms with Gasteiger partial charge in [-0.05, 0) is 25.5 Å². The number of nitrogens with zero attached hydrogens (tertiary/aromatic N) is 3. The summed E-state index contributed by atoms with van der Waals surface area (Å²) in [6, 6.07) is 3.56. The third-order valence-corrected chi connectivity index (χ3v) is 3.33. The molecule has 22 heavy (non-hydrogen) atoms. The monoisotopic (exact) mass is 302 g/mol. The first kappa shape index (κ1) is 15.8. The van der Waals surface area contributed by atoms with Gasteiger partial charge in [-0.25, -0.2) is 4.79 Å². The lowest BCUT2D eigenvalue weighted by Gasteiger charge is -2.10. The fraction of sp³-hybridized carbons (Fsp3) is 0.400. The third kappa shape index (κ3) is 3.97. The van der Waals surface area contributed by atoms with Gasteiger partial charge in [0.05, 0.1) is 11.4 Å². The zero-order chi connectivity index (χ0) is 15.9. The molecule has 0 bridgehead atoms. The lowest BCUT2D eigenvalue weighted by Crippen LogP contribution is -2.33. The minimum atomic E-state index is -0.231. The van der Waals surface area contributed by atoms with Crippen LogP contribution in [0.2, 0.25) is 0 Å². The molecule has 0 aliphatic rings. The molecule has 0 spiro atoms. The Morgan fingerprint density at radius 1 is 1.36 bits per heavy atom. The standard InChI is InChI=1S/C15H22N6O/c1-4-13-11(2)20-21(3)14(13)19-15(22)18-9-8-17-12-6-5-7-16-10-12/h5-7,10,17H,4,8-9H2,1-3H3,(H2,18,19,22). The number of pyridine rings is 1. The average molecular weight is 302 g/mol. The Bertz CT molecular complexity index is 622. The molecule has 2 rings (SSSR count). The van der Waals surface area contributed by atoms with Gasteiger partial charge in [-0.3, -0.25) is 15.0 Å². The summed E-state index contributed by atoms with van der Waals surface area (Å²) in [6.45, 7) is 5.13. The molecule has 2 aromatic rings. The van der Waals surface area contributed by atoms with E-state index in [4.69, 9.17) is 0 Å².